The van der Waals surface area contributed by atoms with E-state index in [1.54, 1.807) is 23.5 Å². The van der Waals surface area contributed by atoms with Gasteiger partial charge in [-0.05, 0) is 35.9 Å². The second-order valence-corrected chi connectivity index (χ2v) is 6.73. The summed E-state index contributed by atoms with van der Waals surface area (Å²) in [5.74, 6) is 0. The molecule has 0 amide bonds. The van der Waals surface area contributed by atoms with Gasteiger partial charge < -0.3 is 5.73 Å². The predicted molar refractivity (Wildman–Crippen MR) is 88.3 cm³/mol. The molecule has 0 fully saturated rings. The van der Waals surface area contributed by atoms with Gasteiger partial charge in [0.1, 0.15) is 0 Å². The topological polar surface area (TPSA) is 38.9 Å². The van der Waals surface area contributed by atoms with Crippen molar-refractivity contribution in [2.24, 2.45) is 0 Å². The maximum Gasteiger partial charge on any atom is 0.0983 e. The zero-order chi connectivity index (χ0) is 14.3. The van der Waals surface area contributed by atoms with Crippen molar-refractivity contribution in [3.05, 3.63) is 56.0 Å². The molecule has 0 saturated heterocycles. The van der Waals surface area contributed by atoms with Crippen molar-refractivity contribution in [3.8, 4) is 0 Å². The minimum absolute atomic E-state index is 0.555. The zero-order valence-corrected chi connectivity index (χ0v) is 13.2. The molecule has 0 bridgehead atoms. The van der Waals surface area contributed by atoms with Crippen LogP contribution in [0.4, 0.5) is 5.69 Å². The van der Waals surface area contributed by atoms with E-state index < -0.39 is 0 Å². The number of hydrogen-bond acceptors (Lipinski definition) is 3. The number of rotatable bonds is 2. The highest BCUT2D eigenvalue weighted by atomic mass is 35.5. The van der Waals surface area contributed by atoms with E-state index in [0.29, 0.717) is 27.2 Å². The van der Waals surface area contributed by atoms with Crippen LogP contribution in [0, 0.1) is 0 Å². The first kappa shape index (κ1) is 14.0. The number of nitrogen functional groups attached to an aromatic ring is 1. The number of benzene rings is 2. The van der Waals surface area contributed by atoms with Gasteiger partial charge >= 0.3 is 0 Å². The van der Waals surface area contributed by atoms with E-state index in [-0.39, 0.29) is 0 Å². The molecule has 0 unspecified atom stereocenters. The molecule has 0 aliphatic rings. The Morgan fingerprint density at radius 1 is 1.05 bits per heavy atom. The van der Waals surface area contributed by atoms with Crippen molar-refractivity contribution in [3.63, 3.8) is 0 Å². The molecule has 2 nitrogen and oxygen atoms in total. The molecule has 2 aromatic carbocycles. The molecular weight excluding hydrogens is 335 g/mol. The molecule has 0 aliphatic heterocycles. The highest BCUT2D eigenvalue weighted by Gasteiger charge is 2.11. The molecule has 3 aromatic rings. The van der Waals surface area contributed by atoms with Crippen LogP contribution in [-0.2, 0) is 6.42 Å². The molecule has 3 rings (SSSR count). The monoisotopic (exact) mass is 342 g/mol. The van der Waals surface area contributed by atoms with E-state index in [9.17, 15) is 0 Å². The van der Waals surface area contributed by atoms with Gasteiger partial charge in [-0.2, -0.15) is 0 Å². The highest BCUT2D eigenvalue weighted by Crippen LogP contribution is 2.32. The molecule has 2 N–H and O–H groups in total. The highest BCUT2D eigenvalue weighted by molar-refractivity contribution is 7.18. The summed E-state index contributed by atoms with van der Waals surface area (Å²) in [5, 5.41) is 2.77. The Bertz CT molecular complexity index is 775. The first-order chi connectivity index (χ1) is 9.52. The first-order valence-electron chi connectivity index (χ1n) is 5.81. The standard InChI is InChI=1S/C14H9Cl3N2S/c15-7-1-2-12-13(3-7)20-14(19-12)6-9-10(16)4-8(18)5-11(9)17/h1-5H,6,18H2. The lowest BCUT2D eigenvalue weighted by Gasteiger charge is -2.06. The number of aromatic nitrogens is 1. The van der Waals surface area contributed by atoms with Crippen molar-refractivity contribution < 1.29 is 0 Å². The van der Waals surface area contributed by atoms with Crippen molar-refractivity contribution >= 4 is 62.0 Å². The molecule has 0 spiro atoms. The van der Waals surface area contributed by atoms with Crippen LogP contribution in [-0.4, -0.2) is 4.98 Å². The Kier molecular flexibility index (Phi) is 3.78. The summed E-state index contributed by atoms with van der Waals surface area (Å²) < 4.78 is 1.05. The Balaban J connectivity index is 2.01. The Hall–Kier alpha value is -1.000. The second kappa shape index (κ2) is 5.41. The van der Waals surface area contributed by atoms with E-state index >= 15 is 0 Å². The van der Waals surface area contributed by atoms with Crippen LogP contribution >= 0.6 is 46.1 Å². The van der Waals surface area contributed by atoms with Crippen LogP contribution in [0.25, 0.3) is 10.2 Å². The number of fused-ring (bicyclic) bond motifs is 1. The van der Waals surface area contributed by atoms with Gasteiger partial charge in [0, 0.05) is 27.2 Å². The van der Waals surface area contributed by atoms with Crippen LogP contribution in [0.2, 0.25) is 15.1 Å². The lowest BCUT2D eigenvalue weighted by molar-refractivity contribution is 1.16. The third-order valence-electron chi connectivity index (χ3n) is 2.89. The van der Waals surface area contributed by atoms with Crippen LogP contribution in [0.3, 0.4) is 0 Å². The molecule has 0 radical (unpaired) electrons. The molecule has 0 aliphatic carbocycles. The maximum atomic E-state index is 6.20. The Labute approximate surface area is 135 Å². The molecule has 1 aromatic heterocycles. The van der Waals surface area contributed by atoms with Gasteiger partial charge in [-0.15, -0.1) is 11.3 Å². The first-order valence-corrected chi connectivity index (χ1v) is 7.76. The number of halogens is 3. The molecule has 0 atom stereocenters. The fourth-order valence-electron chi connectivity index (χ4n) is 1.96. The summed E-state index contributed by atoms with van der Waals surface area (Å²) in [6, 6.07) is 9.05. The summed E-state index contributed by atoms with van der Waals surface area (Å²) in [7, 11) is 0. The van der Waals surface area contributed by atoms with Crippen molar-refractivity contribution in [1.29, 1.82) is 0 Å². The van der Waals surface area contributed by atoms with E-state index in [0.717, 1.165) is 20.8 Å². The second-order valence-electron chi connectivity index (χ2n) is 4.36. The van der Waals surface area contributed by atoms with Gasteiger partial charge in [0.15, 0.2) is 0 Å². The lowest BCUT2D eigenvalue weighted by atomic mass is 10.1. The van der Waals surface area contributed by atoms with Gasteiger partial charge in [-0.25, -0.2) is 4.98 Å². The molecule has 20 heavy (non-hydrogen) atoms. The fraction of sp³-hybridized carbons (Fsp3) is 0.0714. The predicted octanol–water partition coefficient (Wildman–Crippen LogP) is 5.43. The number of nitrogens with zero attached hydrogens (tertiary/aromatic N) is 1. The van der Waals surface area contributed by atoms with Crippen LogP contribution in [0.15, 0.2) is 30.3 Å². The molecular formula is C14H9Cl3N2S. The zero-order valence-electron chi connectivity index (χ0n) is 10.2. The average Bonchev–Trinajstić information content (AvgIpc) is 2.75. The van der Waals surface area contributed by atoms with Gasteiger partial charge in [0.25, 0.3) is 0 Å². The van der Waals surface area contributed by atoms with E-state index in [2.05, 4.69) is 4.98 Å². The van der Waals surface area contributed by atoms with E-state index in [4.69, 9.17) is 40.5 Å². The van der Waals surface area contributed by atoms with Crippen LogP contribution in [0.1, 0.15) is 10.6 Å². The number of hydrogen-bond donors (Lipinski definition) is 1. The largest absolute Gasteiger partial charge is 0.399 e. The Morgan fingerprint density at radius 2 is 1.75 bits per heavy atom. The van der Waals surface area contributed by atoms with Crippen molar-refractivity contribution in [2.75, 3.05) is 5.73 Å². The summed E-state index contributed by atoms with van der Waals surface area (Å²) in [4.78, 5) is 4.57. The maximum absolute atomic E-state index is 6.20. The van der Waals surface area contributed by atoms with Crippen LogP contribution in [0.5, 0.6) is 0 Å². The summed E-state index contributed by atoms with van der Waals surface area (Å²) in [5.41, 5.74) is 8.03. The third kappa shape index (κ3) is 2.72. The molecule has 1 heterocycles. The minimum atomic E-state index is 0.555. The van der Waals surface area contributed by atoms with Gasteiger partial charge in [-0.3, -0.25) is 0 Å². The number of nitrogens with two attached hydrogens (primary N) is 1. The SMILES string of the molecule is Nc1cc(Cl)c(Cc2nc3ccc(Cl)cc3s2)c(Cl)c1. The third-order valence-corrected chi connectivity index (χ3v) is 4.81. The van der Waals surface area contributed by atoms with Crippen molar-refractivity contribution in [1.82, 2.24) is 4.98 Å². The van der Waals surface area contributed by atoms with E-state index in [1.807, 2.05) is 18.2 Å². The normalized spacial score (nSPS) is 11.2. The Morgan fingerprint density at radius 3 is 2.45 bits per heavy atom. The lowest BCUT2D eigenvalue weighted by Crippen LogP contribution is -1.93. The fourth-order valence-corrected chi connectivity index (χ4v) is 3.86. The smallest absolute Gasteiger partial charge is 0.0983 e. The summed E-state index contributed by atoms with van der Waals surface area (Å²) in [6.07, 6.45) is 0.578. The molecule has 0 saturated carbocycles. The summed E-state index contributed by atoms with van der Waals surface area (Å²) >= 11 is 20.0. The van der Waals surface area contributed by atoms with Gasteiger partial charge in [0.2, 0.25) is 0 Å². The van der Waals surface area contributed by atoms with Crippen molar-refractivity contribution in [2.45, 2.75) is 6.42 Å². The van der Waals surface area contributed by atoms with E-state index in [1.165, 1.54) is 0 Å². The van der Waals surface area contributed by atoms with Gasteiger partial charge in [0.05, 0.1) is 15.2 Å². The number of anilines is 1. The van der Waals surface area contributed by atoms with Gasteiger partial charge in [-0.1, -0.05) is 34.8 Å². The summed E-state index contributed by atoms with van der Waals surface area (Å²) in [6.45, 7) is 0. The number of thiazole rings is 1. The molecule has 102 valence electrons. The average molecular weight is 344 g/mol. The van der Waals surface area contributed by atoms with Crippen LogP contribution < -0.4 is 5.73 Å². The quantitative estimate of drug-likeness (QED) is 0.630. The minimum Gasteiger partial charge on any atom is -0.399 e. The molecule has 6 heteroatoms.